The maximum Gasteiger partial charge on any atom is 0.315 e. The predicted molar refractivity (Wildman–Crippen MR) is 216 cm³/mol. The van der Waals surface area contributed by atoms with Crippen molar-refractivity contribution in [2.75, 3.05) is 19.6 Å². The Bertz CT molecular complexity index is 1750. The third-order valence-electron chi connectivity index (χ3n) is 13.0. The molecule has 0 radical (unpaired) electrons. The molecule has 1 aromatic rings. The quantitative estimate of drug-likeness (QED) is 0.118. The van der Waals surface area contributed by atoms with E-state index in [4.69, 9.17) is 0 Å². The second-order valence-electron chi connectivity index (χ2n) is 19.6. The number of unbranched alkanes of at least 4 members (excludes halogenated alkanes) is 1. The van der Waals surface area contributed by atoms with Crippen molar-refractivity contribution in [3.05, 3.63) is 48.0 Å². The van der Waals surface area contributed by atoms with Gasteiger partial charge < -0.3 is 26.2 Å². The lowest BCUT2D eigenvalue weighted by atomic mass is 9.78. The number of imide groups is 1. The third-order valence-corrected chi connectivity index (χ3v) is 13.0. The number of hydrogen-bond donors (Lipinski definition) is 4. The highest BCUT2D eigenvalue weighted by Gasteiger charge is 2.70. The fourth-order valence-corrected chi connectivity index (χ4v) is 9.36. The summed E-state index contributed by atoms with van der Waals surface area (Å²) in [5, 5.41) is 11.4. The Hall–Kier alpha value is -4.55. The number of piperidine rings is 2. The van der Waals surface area contributed by atoms with Gasteiger partial charge in [0.05, 0.1) is 12.1 Å². The van der Waals surface area contributed by atoms with Crippen LogP contribution in [0.4, 0.5) is 4.79 Å². The van der Waals surface area contributed by atoms with Gasteiger partial charge in [0, 0.05) is 37.9 Å². The van der Waals surface area contributed by atoms with E-state index in [1.807, 2.05) is 72.7 Å². The number of fused-ring (bicyclic) bond motifs is 2. The summed E-state index contributed by atoms with van der Waals surface area (Å²) < 4.78 is 0. The zero-order valence-corrected chi connectivity index (χ0v) is 35.4. The van der Waals surface area contributed by atoms with Crippen LogP contribution in [0, 0.1) is 33.5 Å². The van der Waals surface area contributed by atoms with Crippen LogP contribution in [-0.4, -0.2) is 95.0 Å². The number of nitrogens with zero attached hydrogens (tertiary/aromatic N) is 2. The topological polar surface area (TPSA) is 174 Å². The van der Waals surface area contributed by atoms with Gasteiger partial charge in [-0.05, 0) is 58.5 Å². The summed E-state index contributed by atoms with van der Waals surface area (Å²) in [6.07, 6.45) is 4.53. The number of amides is 7. The van der Waals surface area contributed by atoms with E-state index in [1.54, 1.807) is 4.90 Å². The molecular formula is C44H64N6O7. The Labute approximate surface area is 337 Å². The van der Waals surface area contributed by atoms with E-state index in [9.17, 15) is 28.8 Å². The lowest BCUT2D eigenvalue weighted by molar-refractivity contribution is -0.153. The van der Waals surface area contributed by atoms with Crippen LogP contribution < -0.4 is 21.3 Å². The molecule has 2 unspecified atom stereocenters. The minimum absolute atomic E-state index is 0.0116. The van der Waals surface area contributed by atoms with Gasteiger partial charge in [0.25, 0.3) is 5.91 Å². The average molecular weight is 789 g/mol. The Kier molecular flexibility index (Phi) is 12.5. The summed E-state index contributed by atoms with van der Waals surface area (Å²) in [7, 11) is 0. The van der Waals surface area contributed by atoms with Crippen LogP contribution in [0.25, 0.3) is 0 Å². The maximum absolute atomic E-state index is 15.1. The molecule has 57 heavy (non-hydrogen) atoms. The first-order chi connectivity index (χ1) is 26.5. The van der Waals surface area contributed by atoms with Gasteiger partial charge in [-0.2, -0.15) is 0 Å². The van der Waals surface area contributed by atoms with E-state index in [-0.39, 0.29) is 61.4 Å². The smallest absolute Gasteiger partial charge is 0.315 e. The summed E-state index contributed by atoms with van der Waals surface area (Å²) in [5.74, 6) is -3.19. The lowest BCUT2D eigenvalue weighted by Gasteiger charge is -2.41. The van der Waals surface area contributed by atoms with Crippen LogP contribution in [0.5, 0.6) is 0 Å². The second kappa shape index (κ2) is 16.4. The maximum atomic E-state index is 15.1. The zero-order valence-electron chi connectivity index (χ0n) is 35.4. The second-order valence-corrected chi connectivity index (χ2v) is 19.6. The number of nitrogens with one attached hydrogen (secondary N) is 4. The van der Waals surface area contributed by atoms with Crippen molar-refractivity contribution in [2.24, 2.45) is 33.5 Å². The van der Waals surface area contributed by atoms with E-state index < -0.39 is 69.9 Å². The van der Waals surface area contributed by atoms with E-state index in [2.05, 4.69) is 41.7 Å². The molecule has 13 heteroatoms. The molecule has 312 valence electrons. The summed E-state index contributed by atoms with van der Waals surface area (Å²) in [5.41, 5.74) is 0.118. The van der Waals surface area contributed by atoms with Crippen LogP contribution in [0.2, 0.25) is 0 Å². The first kappa shape index (κ1) is 43.6. The molecule has 4 aliphatic rings. The zero-order chi connectivity index (χ0) is 42.2. The molecule has 1 saturated carbocycles. The molecule has 4 N–H and O–H groups in total. The van der Waals surface area contributed by atoms with Gasteiger partial charge in [0.15, 0.2) is 0 Å². The number of hydrogen-bond acceptors (Lipinski definition) is 7. The van der Waals surface area contributed by atoms with Crippen molar-refractivity contribution in [3.8, 4) is 0 Å². The summed E-state index contributed by atoms with van der Waals surface area (Å²) in [6, 6.07) is 3.62. The van der Waals surface area contributed by atoms with Crippen LogP contribution in [0.3, 0.4) is 0 Å². The standard InChI is InChI=1S/C44H64N6O7/c1-11-13-18-29(35(53)38(55)45-19-12-2)46-37(54)34-33-28(43(33,8)9)24-50(34)39(56)36(44(10)20-26-16-14-15-17-27(26)21-44)48-40(57)47-30(41(3,4)5)25-49-31(51)22-42(6,7)23-32(49)52/h12,14-17,28-30,33-34,36H,2,11,13,18-25H2,1,3-10H3,(H,45,55)(H,46,54)(H2,47,48,57)/t28-,29?,30-,33-,34-,36?/m0/s1. The number of benzene rings is 1. The largest absolute Gasteiger partial charge is 0.346 e. The van der Waals surface area contributed by atoms with E-state index >= 15 is 4.79 Å². The molecule has 2 heterocycles. The SMILES string of the molecule is C=CCNC(=O)C(=O)C(CCCC)NC(=O)[C@@H]1[C@@H]2[C@H](CN1C(=O)C(NC(=O)N[C@@H](CN1C(=O)CC(C)(C)CC1=O)C(C)(C)C)C1(C)Cc3ccccc3C1)C2(C)C. The van der Waals surface area contributed by atoms with Crippen LogP contribution in [0.1, 0.15) is 106 Å². The van der Waals surface area contributed by atoms with Crippen molar-refractivity contribution in [1.29, 1.82) is 0 Å². The van der Waals surface area contributed by atoms with Gasteiger partial charge in [-0.1, -0.05) is 105 Å². The third kappa shape index (κ3) is 9.28. The van der Waals surface area contributed by atoms with Crippen molar-refractivity contribution in [2.45, 2.75) is 131 Å². The number of Topliss-reactive ketones (excluding diaryl/α,β-unsaturated/α-hetero) is 1. The van der Waals surface area contributed by atoms with E-state index in [0.29, 0.717) is 25.8 Å². The number of urea groups is 1. The molecule has 0 aromatic heterocycles. The Morgan fingerprint density at radius 3 is 2.05 bits per heavy atom. The highest BCUT2D eigenvalue weighted by molar-refractivity contribution is 6.38. The van der Waals surface area contributed by atoms with Gasteiger partial charge >= 0.3 is 6.03 Å². The number of rotatable bonds is 15. The molecule has 2 aliphatic carbocycles. The summed E-state index contributed by atoms with van der Waals surface area (Å²) >= 11 is 0. The highest BCUT2D eigenvalue weighted by Crippen LogP contribution is 2.65. The number of carbonyl (C=O) groups excluding carboxylic acids is 7. The predicted octanol–water partition coefficient (Wildman–Crippen LogP) is 4.08. The molecule has 2 saturated heterocycles. The highest BCUT2D eigenvalue weighted by atomic mass is 16.2. The molecule has 5 rings (SSSR count). The molecule has 0 bridgehead atoms. The van der Waals surface area contributed by atoms with Crippen LogP contribution >= 0.6 is 0 Å². The Morgan fingerprint density at radius 2 is 1.51 bits per heavy atom. The van der Waals surface area contributed by atoms with Crippen LogP contribution in [0.15, 0.2) is 36.9 Å². The first-order valence-corrected chi connectivity index (χ1v) is 20.6. The molecular weight excluding hydrogens is 725 g/mol. The van der Waals surface area contributed by atoms with Gasteiger partial charge in [-0.3, -0.25) is 33.7 Å². The number of carbonyl (C=O) groups is 7. The van der Waals surface area contributed by atoms with E-state index in [1.165, 1.54) is 11.0 Å². The average Bonchev–Trinajstić information content (AvgIpc) is 3.42. The van der Waals surface area contributed by atoms with Gasteiger partial charge in [0.1, 0.15) is 12.1 Å². The Morgan fingerprint density at radius 1 is 0.912 bits per heavy atom. The fraction of sp³-hybridized carbons (Fsp3) is 0.659. The first-order valence-electron chi connectivity index (χ1n) is 20.6. The lowest BCUT2D eigenvalue weighted by Crippen LogP contribution is -2.64. The van der Waals surface area contributed by atoms with Crippen molar-refractivity contribution in [3.63, 3.8) is 0 Å². The van der Waals surface area contributed by atoms with E-state index in [0.717, 1.165) is 17.5 Å². The number of ketones is 1. The fourth-order valence-electron chi connectivity index (χ4n) is 9.36. The van der Waals surface area contributed by atoms with Gasteiger partial charge in [-0.15, -0.1) is 6.58 Å². The molecule has 13 nitrogen and oxygen atoms in total. The van der Waals surface area contributed by atoms with Crippen molar-refractivity contribution >= 4 is 41.4 Å². The molecule has 7 amide bonds. The van der Waals surface area contributed by atoms with Crippen molar-refractivity contribution < 1.29 is 33.6 Å². The monoisotopic (exact) mass is 788 g/mol. The minimum Gasteiger partial charge on any atom is -0.346 e. The van der Waals surface area contributed by atoms with Crippen LogP contribution in [-0.2, 0) is 41.6 Å². The summed E-state index contributed by atoms with van der Waals surface area (Å²) in [6.45, 7) is 21.6. The molecule has 6 atom stereocenters. The molecule has 2 aliphatic heterocycles. The molecule has 1 aromatic carbocycles. The summed E-state index contributed by atoms with van der Waals surface area (Å²) in [4.78, 5) is 98.9. The Balaban J connectivity index is 1.43. The number of likely N-dealkylation sites (tertiary alicyclic amines) is 2. The van der Waals surface area contributed by atoms with Gasteiger partial charge in [0.2, 0.25) is 29.4 Å². The molecule has 3 fully saturated rings. The van der Waals surface area contributed by atoms with Gasteiger partial charge in [-0.25, -0.2) is 4.79 Å². The van der Waals surface area contributed by atoms with Crippen molar-refractivity contribution in [1.82, 2.24) is 31.1 Å². The molecule has 0 spiro atoms. The minimum atomic E-state index is -1.07. The normalized spacial score (nSPS) is 24.3.